The molecule has 3 amide bonds. The number of primary amides is 1. The molecule has 8 heteroatoms. The summed E-state index contributed by atoms with van der Waals surface area (Å²) in [5, 5.41) is 14.1. The Kier molecular flexibility index (Phi) is 4.47. The molecule has 0 spiro atoms. The molecular formula is C23H35N3O5. The SMILES string of the molecule is CC(C)(C)OC(=O)N[C@H](C(=O)N1C2C[C@H]2C[C@H]1C(N)=O)C12CC3CC(CC(O)(C3)C1)C2. The van der Waals surface area contributed by atoms with Crippen LogP contribution < -0.4 is 11.1 Å². The predicted molar refractivity (Wildman–Crippen MR) is 112 cm³/mol. The van der Waals surface area contributed by atoms with Gasteiger partial charge in [-0.15, -0.1) is 0 Å². The number of nitrogens with zero attached hydrogens (tertiary/aromatic N) is 1. The summed E-state index contributed by atoms with van der Waals surface area (Å²) in [6.07, 6.45) is 5.61. The van der Waals surface area contributed by atoms with Gasteiger partial charge in [0, 0.05) is 11.5 Å². The number of piperidine rings is 1. The van der Waals surface area contributed by atoms with Gasteiger partial charge in [0.2, 0.25) is 11.8 Å². The minimum Gasteiger partial charge on any atom is -0.444 e. The molecular weight excluding hydrogens is 398 g/mol. The van der Waals surface area contributed by atoms with Crippen molar-refractivity contribution in [2.24, 2.45) is 28.9 Å². The summed E-state index contributed by atoms with van der Waals surface area (Å²) in [6.45, 7) is 5.36. The number of fused-ring (bicyclic) bond motifs is 1. The van der Waals surface area contributed by atoms with Crippen LogP contribution in [0.4, 0.5) is 4.79 Å². The highest BCUT2D eigenvalue weighted by atomic mass is 16.6. The molecule has 0 aromatic rings. The van der Waals surface area contributed by atoms with Gasteiger partial charge in [0.1, 0.15) is 17.7 Å². The number of amides is 3. The summed E-state index contributed by atoms with van der Waals surface area (Å²) < 4.78 is 5.51. The van der Waals surface area contributed by atoms with E-state index in [0.717, 1.165) is 38.5 Å². The molecule has 5 aliphatic carbocycles. The van der Waals surface area contributed by atoms with Crippen molar-refractivity contribution in [2.75, 3.05) is 0 Å². The Morgan fingerprint density at radius 3 is 2.29 bits per heavy atom. The Balaban J connectivity index is 1.47. The van der Waals surface area contributed by atoms with Gasteiger partial charge in [-0.3, -0.25) is 9.59 Å². The molecule has 6 rings (SSSR count). The first-order valence-corrected chi connectivity index (χ1v) is 11.7. The maximum Gasteiger partial charge on any atom is 0.408 e. The minimum atomic E-state index is -0.819. The third-order valence-corrected chi connectivity index (χ3v) is 8.28. The van der Waals surface area contributed by atoms with E-state index >= 15 is 0 Å². The molecule has 4 bridgehead atoms. The zero-order valence-corrected chi connectivity index (χ0v) is 18.7. The van der Waals surface area contributed by atoms with E-state index in [-0.39, 0.29) is 11.9 Å². The Labute approximate surface area is 183 Å². The van der Waals surface area contributed by atoms with Crippen LogP contribution in [0.1, 0.15) is 72.1 Å². The van der Waals surface area contributed by atoms with Crippen LogP contribution in [0, 0.1) is 23.2 Å². The molecule has 0 aromatic heterocycles. The van der Waals surface area contributed by atoms with Crippen molar-refractivity contribution in [1.29, 1.82) is 0 Å². The second kappa shape index (κ2) is 6.59. The van der Waals surface area contributed by atoms with Crippen molar-refractivity contribution in [1.82, 2.24) is 10.2 Å². The second-order valence-electron chi connectivity index (χ2n) is 12.1. The fraction of sp³-hybridized carbons (Fsp3) is 0.870. The first-order chi connectivity index (χ1) is 14.4. The third-order valence-electron chi connectivity index (χ3n) is 8.28. The van der Waals surface area contributed by atoms with Crippen LogP contribution in [-0.2, 0) is 14.3 Å². The number of nitrogens with one attached hydrogen (secondary N) is 1. The Morgan fingerprint density at radius 2 is 1.74 bits per heavy atom. The van der Waals surface area contributed by atoms with Gasteiger partial charge < -0.3 is 25.8 Å². The van der Waals surface area contributed by atoms with Gasteiger partial charge in [-0.25, -0.2) is 4.79 Å². The molecule has 3 unspecified atom stereocenters. The molecule has 6 atom stereocenters. The van der Waals surface area contributed by atoms with E-state index in [0.29, 0.717) is 30.6 Å². The third kappa shape index (κ3) is 3.60. The summed E-state index contributed by atoms with van der Waals surface area (Å²) in [5.41, 5.74) is 3.66. The number of hydrogen-bond donors (Lipinski definition) is 3. The number of ether oxygens (including phenoxy) is 1. The zero-order chi connectivity index (χ0) is 22.3. The quantitative estimate of drug-likeness (QED) is 0.623. The summed E-state index contributed by atoms with van der Waals surface area (Å²) in [6, 6.07) is -1.40. The normalized spacial score (nSPS) is 43.4. The number of alkyl carbamates (subject to hydrolysis) is 1. The van der Waals surface area contributed by atoms with E-state index in [4.69, 9.17) is 10.5 Å². The Morgan fingerprint density at radius 1 is 1.10 bits per heavy atom. The fourth-order valence-corrected chi connectivity index (χ4v) is 7.70. The van der Waals surface area contributed by atoms with Gasteiger partial charge in [0.25, 0.3) is 0 Å². The van der Waals surface area contributed by atoms with Crippen molar-refractivity contribution in [3.05, 3.63) is 0 Å². The van der Waals surface area contributed by atoms with E-state index in [9.17, 15) is 19.5 Å². The Bertz CT molecular complexity index is 807. The van der Waals surface area contributed by atoms with Gasteiger partial charge in [-0.2, -0.15) is 0 Å². The molecule has 0 radical (unpaired) electrons. The Hall–Kier alpha value is -1.83. The molecule has 6 fully saturated rings. The van der Waals surface area contributed by atoms with Gasteiger partial charge in [0.15, 0.2) is 0 Å². The molecule has 1 aliphatic heterocycles. The maximum atomic E-state index is 14.0. The molecule has 1 heterocycles. The summed E-state index contributed by atoms with van der Waals surface area (Å²) in [7, 11) is 0. The van der Waals surface area contributed by atoms with Crippen LogP contribution in [0.15, 0.2) is 0 Å². The maximum absolute atomic E-state index is 14.0. The lowest BCUT2D eigenvalue weighted by Crippen LogP contribution is -2.67. The molecule has 5 saturated carbocycles. The number of hydrogen-bond acceptors (Lipinski definition) is 5. The van der Waals surface area contributed by atoms with Crippen molar-refractivity contribution in [3.63, 3.8) is 0 Å². The number of aliphatic hydroxyl groups is 1. The van der Waals surface area contributed by atoms with Crippen LogP contribution in [0.2, 0.25) is 0 Å². The highest BCUT2D eigenvalue weighted by Crippen LogP contribution is 2.63. The lowest BCUT2D eigenvalue weighted by molar-refractivity contribution is -0.181. The standard InChI is InChI=1S/C23H35N3O5/c1-21(2,3)31-20(29)25-17(19(28)26-15-5-14(15)6-16(26)18(24)27)22-7-12-4-13(8-22)10-23(30,9-12)11-22/h12-17,30H,4-11H2,1-3H3,(H2,24,27)(H,25,29)/t12?,13?,14-,15?,16-,17+,22?,23?/m0/s1. The second-order valence-corrected chi connectivity index (χ2v) is 12.1. The molecule has 1 saturated heterocycles. The largest absolute Gasteiger partial charge is 0.444 e. The van der Waals surface area contributed by atoms with Crippen molar-refractivity contribution < 1.29 is 24.2 Å². The lowest BCUT2D eigenvalue weighted by atomic mass is 9.46. The van der Waals surface area contributed by atoms with E-state index < -0.39 is 40.7 Å². The smallest absolute Gasteiger partial charge is 0.408 e. The molecule has 31 heavy (non-hydrogen) atoms. The van der Waals surface area contributed by atoms with Gasteiger partial charge in [0.05, 0.1) is 5.60 Å². The highest BCUT2D eigenvalue weighted by Gasteiger charge is 2.64. The minimum absolute atomic E-state index is 0.0323. The highest BCUT2D eigenvalue weighted by molar-refractivity contribution is 5.92. The lowest BCUT2D eigenvalue weighted by Gasteiger charge is -2.62. The van der Waals surface area contributed by atoms with Gasteiger partial charge >= 0.3 is 6.09 Å². The predicted octanol–water partition coefficient (Wildman–Crippen LogP) is 1.69. The molecule has 0 aromatic carbocycles. The van der Waals surface area contributed by atoms with E-state index in [1.54, 1.807) is 25.7 Å². The summed E-state index contributed by atoms with van der Waals surface area (Å²) >= 11 is 0. The molecule has 6 aliphatic rings. The number of nitrogens with two attached hydrogens (primary N) is 1. The number of rotatable bonds is 4. The number of carbonyl (C=O) groups excluding carboxylic acids is 3. The average molecular weight is 434 g/mol. The van der Waals surface area contributed by atoms with Crippen molar-refractivity contribution in [3.8, 4) is 0 Å². The number of likely N-dealkylation sites (tertiary alicyclic amines) is 1. The van der Waals surface area contributed by atoms with Crippen LogP contribution in [-0.4, -0.2) is 57.2 Å². The van der Waals surface area contributed by atoms with E-state index in [1.165, 1.54) is 0 Å². The summed E-state index contributed by atoms with van der Waals surface area (Å²) in [5.74, 6) is 0.331. The molecule has 8 nitrogen and oxygen atoms in total. The first-order valence-electron chi connectivity index (χ1n) is 11.7. The van der Waals surface area contributed by atoms with E-state index in [1.807, 2.05) is 0 Å². The van der Waals surface area contributed by atoms with Crippen LogP contribution in [0.5, 0.6) is 0 Å². The molecule has 172 valence electrons. The summed E-state index contributed by atoms with van der Waals surface area (Å²) in [4.78, 5) is 40.5. The van der Waals surface area contributed by atoms with Crippen LogP contribution in [0.25, 0.3) is 0 Å². The van der Waals surface area contributed by atoms with Gasteiger partial charge in [-0.05, 0) is 89.9 Å². The van der Waals surface area contributed by atoms with Crippen LogP contribution >= 0.6 is 0 Å². The fourth-order valence-electron chi connectivity index (χ4n) is 7.70. The van der Waals surface area contributed by atoms with Crippen molar-refractivity contribution in [2.45, 2.75) is 101 Å². The average Bonchev–Trinajstić information content (AvgIpc) is 3.25. The van der Waals surface area contributed by atoms with Crippen molar-refractivity contribution >= 4 is 17.9 Å². The monoisotopic (exact) mass is 433 g/mol. The van der Waals surface area contributed by atoms with Gasteiger partial charge in [-0.1, -0.05) is 0 Å². The van der Waals surface area contributed by atoms with E-state index in [2.05, 4.69) is 5.32 Å². The zero-order valence-electron chi connectivity index (χ0n) is 18.7. The molecule has 4 N–H and O–H groups in total. The number of carbonyl (C=O) groups is 3. The van der Waals surface area contributed by atoms with Crippen LogP contribution in [0.3, 0.4) is 0 Å². The first kappa shape index (κ1) is 21.0. The topological polar surface area (TPSA) is 122 Å².